The van der Waals surface area contributed by atoms with E-state index < -0.39 is 59.1 Å². The van der Waals surface area contributed by atoms with Crippen molar-refractivity contribution < 1.29 is 43.2 Å². The Morgan fingerprint density at radius 1 is 1.33 bits per heavy atom. The van der Waals surface area contributed by atoms with Gasteiger partial charge in [-0.05, 0) is 39.7 Å². The molecular weight excluding hydrogens is 456 g/mol. The predicted molar refractivity (Wildman–Crippen MR) is 117 cm³/mol. The number of ether oxygens (including phenoxy) is 4. The Morgan fingerprint density at radius 3 is 2.52 bits per heavy atom. The lowest BCUT2D eigenvalue weighted by atomic mass is 9.83. The summed E-state index contributed by atoms with van der Waals surface area (Å²) in [6.45, 7) is 9.29. The van der Waals surface area contributed by atoms with Crippen LogP contribution in [0.1, 0.15) is 40.5 Å². The molecule has 0 saturated carbocycles. The molecule has 0 aromatic heterocycles. The summed E-state index contributed by atoms with van der Waals surface area (Å²) in [4.78, 5) is 48.2. The second-order valence-corrected chi connectivity index (χ2v) is 9.06. The Balaban J connectivity index is 2.72. The van der Waals surface area contributed by atoms with Gasteiger partial charge >= 0.3 is 23.9 Å². The first kappa shape index (κ1) is 26.6. The summed E-state index contributed by atoms with van der Waals surface area (Å²) in [5.74, 6) is -4.34. The van der Waals surface area contributed by atoms with E-state index in [4.69, 9.17) is 30.5 Å². The highest BCUT2D eigenvalue weighted by molar-refractivity contribution is 6.34. The van der Waals surface area contributed by atoms with Gasteiger partial charge in [0.2, 0.25) is 0 Å². The normalized spacial score (nSPS) is 29.8. The molecule has 1 fully saturated rings. The highest BCUT2D eigenvalue weighted by atomic mass is 35.5. The molecule has 6 atom stereocenters. The van der Waals surface area contributed by atoms with Crippen molar-refractivity contribution in [2.45, 2.75) is 69.8 Å². The van der Waals surface area contributed by atoms with Crippen molar-refractivity contribution in [2.24, 2.45) is 5.92 Å². The van der Waals surface area contributed by atoms with E-state index in [1.165, 1.54) is 19.9 Å². The van der Waals surface area contributed by atoms with Crippen LogP contribution < -0.4 is 0 Å². The van der Waals surface area contributed by atoms with Crippen LogP contribution in [0.25, 0.3) is 0 Å². The highest BCUT2D eigenvalue weighted by Crippen LogP contribution is 2.38. The van der Waals surface area contributed by atoms with Gasteiger partial charge in [-0.25, -0.2) is 9.59 Å². The van der Waals surface area contributed by atoms with E-state index in [9.17, 15) is 24.3 Å². The van der Waals surface area contributed by atoms with Crippen molar-refractivity contribution in [2.75, 3.05) is 7.11 Å². The van der Waals surface area contributed by atoms with Crippen LogP contribution in [0.2, 0.25) is 0 Å². The van der Waals surface area contributed by atoms with E-state index in [1.54, 1.807) is 6.08 Å². The minimum Gasteiger partial charge on any atom is -0.466 e. The largest absolute Gasteiger partial charge is 0.466 e. The lowest BCUT2D eigenvalue weighted by Gasteiger charge is -2.35. The van der Waals surface area contributed by atoms with E-state index in [0.717, 1.165) is 19.6 Å². The van der Waals surface area contributed by atoms with Gasteiger partial charge in [-0.15, -0.1) is 11.6 Å². The lowest BCUT2D eigenvalue weighted by molar-refractivity contribution is -0.173. The third-order valence-corrected chi connectivity index (χ3v) is 6.18. The molecule has 1 aliphatic carbocycles. The molecule has 1 N–H and O–H groups in total. The quantitative estimate of drug-likeness (QED) is 0.205. The average Bonchev–Trinajstić information content (AvgIpc) is 2.99. The van der Waals surface area contributed by atoms with Crippen LogP contribution in [0.15, 0.2) is 35.5 Å². The van der Waals surface area contributed by atoms with Gasteiger partial charge in [-0.1, -0.05) is 18.2 Å². The Hall–Kier alpha value is -2.65. The van der Waals surface area contributed by atoms with Gasteiger partial charge in [0.25, 0.3) is 0 Å². The summed E-state index contributed by atoms with van der Waals surface area (Å²) < 4.78 is 21.4. The van der Waals surface area contributed by atoms with Gasteiger partial charge in [0.05, 0.1) is 24.7 Å². The van der Waals surface area contributed by atoms with Gasteiger partial charge in [0.1, 0.15) is 6.10 Å². The third-order valence-electron chi connectivity index (χ3n) is 5.71. The number of alkyl halides is 1. The maximum atomic E-state index is 13.0. The zero-order chi connectivity index (χ0) is 25.1. The monoisotopic (exact) mass is 484 g/mol. The van der Waals surface area contributed by atoms with Crippen molar-refractivity contribution in [1.29, 1.82) is 0 Å². The number of hydrogen-bond acceptors (Lipinski definition) is 9. The van der Waals surface area contributed by atoms with Gasteiger partial charge in [0, 0.05) is 12.5 Å². The minimum absolute atomic E-state index is 0.0305. The van der Waals surface area contributed by atoms with Gasteiger partial charge < -0.3 is 24.1 Å². The van der Waals surface area contributed by atoms with Gasteiger partial charge in [-0.3, -0.25) is 9.59 Å². The smallest absolute Gasteiger partial charge is 0.337 e. The lowest BCUT2D eigenvalue weighted by Crippen LogP contribution is -2.50. The van der Waals surface area contributed by atoms with Crippen molar-refractivity contribution in [3.8, 4) is 0 Å². The molecule has 9 nitrogen and oxygen atoms in total. The molecule has 0 radical (unpaired) electrons. The number of fused-ring (bicyclic) bond motifs is 1. The predicted octanol–water partition coefficient (Wildman–Crippen LogP) is 2.15. The number of esters is 4. The molecule has 0 aromatic carbocycles. The van der Waals surface area contributed by atoms with Crippen LogP contribution >= 0.6 is 11.6 Å². The van der Waals surface area contributed by atoms with Crippen molar-refractivity contribution >= 4 is 35.5 Å². The summed E-state index contributed by atoms with van der Waals surface area (Å²) >= 11 is 6.21. The molecule has 2 aliphatic rings. The van der Waals surface area contributed by atoms with Crippen LogP contribution in [-0.4, -0.2) is 65.4 Å². The van der Waals surface area contributed by atoms with Gasteiger partial charge in [-0.2, -0.15) is 0 Å². The molecule has 2 rings (SSSR count). The van der Waals surface area contributed by atoms with E-state index in [1.807, 2.05) is 6.92 Å². The number of carbonyl (C=O) groups is 4. The summed E-state index contributed by atoms with van der Waals surface area (Å²) in [7, 11) is 1.16. The number of rotatable bonds is 5. The molecule has 10 heteroatoms. The first-order valence-electron chi connectivity index (χ1n) is 10.4. The second kappa shape index (κ2) is 10.5. The van der Waals surface area contributed by atoms with E-state index in [0.29, 0.717) is 12.8 Å². The summed E-state index contributed by atoms with van der Waals surface area (Å²) in [5.41, 5.74) is 0.756. The molecule has 33 heavy (non-hydrogen) atoms. The third kappa shape index (κ3) is 5.83. The molecule has 6 unspecified atom stereocenters. The molecule has 0 spiro atoms. The number of aliphatic hydroxyl groups is 1. The van der Waals surface area contributed by atoms with Crippen LogP contribution in [0.4, 0.5) is 0 Å². The van der Waals surface area contributed by atoms with E-state index in [2.05, 4.69) is 6.58 Å². The van der Waals surface area contributed by atoms with Crippen molar-refractivity contribution in [3.05, 3.63) is 35.5 Å². The number of halogens is 1. The van der Waals surface area contributed by atoms with E-state index in [-0.39, 0.29) is 11.1 Å². The zero-order valence-corrected chi connectivity index (χ0v) is 20.0. The van der Waals surface area contributed by atoms with Crippen molar-refractivity contribution in [1.82, 2.24) is 0 Å². The Kier molecular flexibility index (Phi) is 8.48. The Labute approximate surface area is 197 Å². The van der Waals surface area contributed by atoms with Crippen LogP contribution in [0.5, 0.6) is 0 Å². The van der Waals surface area contributed by atoms with Crippen LogP contribution in [0, 0.1) is 5.92 Å². The minimum atomic E-state index is -1.86. The van der Waals surface area contributed by atoms with Crippen LogP contribution in [0.3, 0.4) is 0 Å². The number of methoxy groups -OCH3 is 1. The Bertz CT molecular complexity index is 900. The first-order chi connectivity index (χ1) is 15.3. The molecule has 182 valence electrons. The molecule has 0 bridgehead atoms. The summed E-state index contributed by atoms with van der Waals surface area (Å²) in [5, 5.41) is 9.96. The van der Waals surface area contributed by atoms with Crippen LogP contribution in [-0.2, 0) is 38.1 Å². The number of hydrogen-bond donors (Lipinski definition) is 1. The summed E-state index contributed by atoms with van der Waals surface area (Å²) in [6.07, 6.45) is -0.959. The average molecular weight is 485 g/mol. The molecule has 1 heterocycles. The first-order valence-corrected chi connectivity index (χ1v) is 10.8. The fraction of sp³-hybridized carbons (Fsp3) is 0.565. The van der Waals surface area contributed by atoms with E-state index >= 15 is 0 Å². The number of aliphatic hydroxyl groups excluding tert-OH is 1. The van der Waals surface area contributed by atoms with Crippen molar-refractivity contribution in [3.63, 3.8) is 0 Å². The number of allylic oxidation sites excluding steroid dienone is 2. The topological polar surface area (TPSA) is 125 Å². The maximum absolute atomic E-state index is 13.0. The highest BCUT2D eigenvalue weighted by Gasteiger charge is 2.52. The summed E-state index contributed by atoms with van der Waals surface area (Å²) in [6, 6.07) is 0. The fourth-order valence-corrected chi connectivity index (χ4v) is 3.65. The maximum Gasteiger partial charge on any atom is 0.337 e. The number of carbonyl (C=O) groups excluding carboxylic acids is 4. The fourth-order valence-electron chi connectivity index (χ4n) is 3.60. The second-order valence-electron chi connectivity index (χ2n) is 8.28. The molecule has 0 aromatic rings. The zero-order valence-electron chi connectivity index (χ0n) is 19.3. The molecular formula is C23H29ClO9. The SMILES string of the molecule is C=C1C(=O)OC2C=C(C)CC/C=C(\C(=O)OC)C(OC(C)=O)C(OC(=O)C(C)(Cl)C(C)O)C12. The van der Waals surface area contributed by atoms with Gasteiger partial charge in [0.15, 0.2) is 17.1 Å². The molecule has 1 saturated heterocycles. The molecule has 1 aliphatic heterocycles. The molecule has 0 amide bonds. The Morgan fingerprint density at radius 2 is 1.97 bits per heavy atom. The standard InChI is InChI=1S/C23H29ClO9/c1-11-8-7-9-15(21(28)30-6)18(31-14(4)26)19(33-22(29)23(5,24)13(3)25)17-12(2)20(27)32-16(17)10-11/h9-10,13,16-19,25H,2,7-8H2,1,3-6H3/b11-10?,15-9-.